The third-order valence-electron chi connectivity index (χ3n) is 2.86. The molecule has 0 bridgehead atoms. The topological polar surface area (TPSA) is 78.0 Å². The zero-order valence-corrected chi connectivity index (χ0v) is 9.27. The second kappa shape index (κ2) is 3.70. The fraction of sp³-hybridized carbons (Fsp3) is 0.600. The molecule has 0 radical (unpaired) electrons. The average molecular weight is 223 g/mol. The van der Waals surface area contributed by atoms with Gasteiger partial charge in [0.05, 0.1) is 11.3 Å². The molecular weight excluding hydrogens is 210 g/mol. The van der Waals surface area contributed by atoms with Gasteiger partial charge in [-0.2, -0.15) is 5.10 Å². The summed E-state index contributed by atoms with van der Waals surface area (Å²) >= 11 is 0. The van der Waals surface area contributed by atoms with Crippen molar-refractivity contribution in [3.63, 3.8) is 0 Å². The van der Waals surface area contributed by atoms with Crippen molar-refractivity contribution in [2.24, 2.45) is 13.0 Å². The summed E-state index contributed by atoms with van der Waals surface area (Å²) in [7, 11) is 1.63. The van der Waals surface area contributed by atoms with E-state index in [0.717, 1.165) is 12.8 Å². The van der Waals surface area contributed by atoms with Crippen LogP contribution in [0.2, 0.25) is 0 Å². The van der Waals surface area contributed by atoms with Crippen molar-refractivity contribution in [2.75, 3.05) is 0 Å². The lowest BCUT2D eigenvalue weighted by molar-refractivity contribution is -0.386. The molecule has 1 heterocycles. The van der Waals surface area contributed by atoms with Crippen molar-refractivity contribution in [2.45, 2.75) is 26.2 Å². The number of aromatic nitrogens is 2. The highest BCUT2D eigenvalue weighted by Crippen LogP contribution is 2.32. The van der Waals surface area contributed by atoms with Crippen LogP contribution >= 0.6 is 0 Å². The Morgan fingerprint density at radius 1 is 1.62 bits per heavy atom. The Hall–Kier alpha value is -1.72. The third kappa shape index (κ3) is 1.82. The lowest BCUT2D eigenvalue weighted by atomic mass is 10.1. The first-order chi connectivity index (χ1) is 7.50. The maximum Gasteiger partial charge on any atom is 0.313 e. The number of hydrogen-bond acceptors (Lipinski definition) is 4. The summed E-state index contributed by atoms with van der Waals surface area (Å²) < 4.78 is 1.44. The van der Waals surface area contributed by atoms with Gasteiger partial charge in [-0.25, -0.2) is 0 Å². The number of nitrogens with zero attached hydrogens (tertiary/aromatic N) is 3. The lowest BCUT2D eigenvalue weighted by Gasteiger charge is -1.99. The van der Waals surface area contributed by atoms with Crippen LogP contribution in [0.1, 0.15) is 24.2 Å². The van der Waals surface area contributed by atoms with Crippen molar-refractivity contribution >= 4 is 11.5 Å². The number of carbonyl (C=O) groups excluding carboxylic acids is 1. The van der Waals surface area contributed by atoms with Crippen molar-refractivity contribution in [1.29, 1.82) is 0 Å². The fourth-order valence-corrected chi connectivity index (χ4v) is 1.85. The average Bonchev–Trinajstić information content (AvgIpc) is 2.95. The van der Waals surface area contributed by atoms with Gasteiger partial charge in [-0.15, -0.1) is 0 Å². The number of hydrogen-bond donors (Lipinski definition) is 0. The molecule has 1 aromatic heterocycles. The standard InChI is InChI=1S/C10H13N3O3/c1-6-10(13(15)16)8(12(2)11-6)5-9(14)7-3-4-7/h7H,3-5H2,1-2H3. The van der Waals surface area contributed by atoms with E-state index in [0.29, 0.717) is 11.4 Å². The van der Waals surface area contributed by atoms with Crippen molar-refractivity contribution in [3.8, 4) is 0 Å². The van der Waals surface area contributed by atoms with E-state index in [1.807, 2.05) is 0 Å². The molecule has 1 saturated carbocycles. The van der Waals surface area contributed by atoms with Crippen molar-refractivity contribution < 1.29 is 9.72 Å². The summed E-state index contributed by atoms with van der Waals surface area (Å²) in [5, 5.41) is 14.9. The predicted octanol–water partition coefficient (Wildman–Crippen LogP) is 1.16. The van der Waals surface area contributed by atoms with Gasteiger partial charge in [-0.05, 0) is 19.8 Å². The Kier molecular flexibility index (Phi) is 2.49. The summed E-state index contributed by atoms with van der Waals surface area (Å²) in [5.41, 5.74) is 0.766. The van der Waals surface area contributed by atoms with Gasteiger partial charge in [0.15, 0.2) is 0 Å². The first-order valence-corrected chi connectivity index (χ1v) is 5.20. The Morgan fingerprint density at radius 3 is 2.75 bits per heavy atom. The van der Waals surface area contributed by atoms with Crippen LogP contribution in [0, 0.1) is 23.0 Å². The zero-order valence-electron chi connectivity index (χ0n) is 9.27. The molecule has 0 spiro atoms. The summed E-state index contributed by atoms with van der Waals surface area (Å²) in [6.45, 7) is 1.59. The molecule has 86 valence electrons. The van der Waals surface area contributed by atoms with Crippen LogP contribution in [0.3, 0.4) is 0 Å². The lowest BCUT2D eigenvalue weighted by Crippen LogP contribution is -2.10. The molecule has 1 aromatic rings. The van der Waals surface area contributed by atoms with E-state index in [9.17, 15) is 14.9 Å². The molecule has 2 rings (SSSR count). The van der Waals surface area contributed by atoms with E-state index in [4.69, 9.17) is 0 Å². The highest BCUT2D eigenvalue weighted by Gasteiger charge is 2.33. The van der Waals surface area contributed by atoms with Gasteiger partial charge in [-0.3, -0.25) is 19.6 Å². The quantitative estimate of drug-likeness (QED) is 0.566. The van der Waals surface area contributed by atoms with Gasteiger partial charge in [0, 0.05) is 13.0 Å². The Labute approximate surface area is 92.4 Å². The molecule has 1 fully saturated rings. The number of ketones is 1. The minimum absolute atomic E-state index is 0.0171. The second-order valence-electron chi connectivity index (χ2n) is 4.18. The van der Waals surface area contributed by atoms with Crippen LogP contribution in [0.5, 0.6) is 0 Å². The van der Waals surface area contributed by atoms with E-state index in [2.05, 4.69) is 5.10 Å². The molecule has 0 N–H and O–H groups in total. The van der Waals surface area contributed by atoms with Crippen LogP contribution in [0.15, 0.2) is 0 Å². The second-order valence-corrected chi connectivity index (χ2v) is 4.18. The molecule has 1 aliphatic rings. The smallest absolute Gasteiger partial charge is 0.299 e. The van der Waals surface area contributed by atoms with Gasteiger partial charge in [-0.1, -0.05) is 0 Å². The number of carbonyl (C=O) groups is 1. The molecule has 0 atom stereocenters. The molecule has 0 amide bonds. The Bertz CT molecular complexity index is 460. The summed E-state index contributed by atoms with van der Waals surface area (Å²) in [4.78, 5) is 22.1. The van der Waals surface area contributed by atoms with Crippen LogP contribution in [-0.4, -0.2) is 20.5 Å². The van der Waals surface area contributed by atoms with Crippen LogP contribution in [0.4, 0.5) is 5.69 Å². The van der Waals surface area contributed by atoms with Gasteiger partial charge < -0.3 is 0 Å². The number of rotatable bonds is 4. The Balaban J connectivity index is 2.30. The van der Waals surface area contributed by atoms with E-state index in [1.54, 1.807) is 14.0 Å². The maximum absolute atomic E-state index is 11.6. The van der Waals surface area contributed by atoms with E-state index < -0.39 is 4.92 Å². The van der Waals surface area contributed by atoms with Crippen molar-refractivity contribution in [1.82, 2.24) is 9.78 Å². The minimum atomic E-state index is -0.460. The largest absolute Gasteiger partial charge is 0.313 e. The molecule has 0 aromatic carbocycles. The van der Waals surface area contributed by atoms with Gasteiger partial charge >= 0.3 is 5.69 Å². The number of nitro groups is 1. The Morgan fingerprint density at radius 2 is 2.25 bits per heavy atom. The van der Waals surface area contributed by atoms with Crippen LogP contribution in [0.25, 0.3) is 0 Å². The minimum Gasteiger partial charge on any atom is -0.299 e. The van der Waals surface area contributed by atoms with Crippen LogP contribution in [-0.2, 0) is 18.3 Å². The summed E-state index contributed by atoms with van der Waals surface area (Å²) in [5.74, 6) is 0.209. The van der Waals surface area contributed by atoms with E-state index >= 15 is 0 Å². The first kappa shape index (κ1) is 10.8. The van der Waals surface area contributed by atoms with Gasteiger partial charge in [0.2, 0.25) is 0 Å². The fourth-order valence-electron chi connectivity index (χ4n) is 1.85. The molecule has 6 heteroatoms. The predicted molar refractivity (Wildman–Crippen MR) is 56.0 cm³/mol. The first-order valence-electron chi connectivity index (χ1n) is 5.20. The zero-order chi connectivity index (χ0) is 11.9. The summed E-state index contributed by atoms with van der Waals surface area (Å²) in [6.07, 6.45) is 1.96. The number of aryl methyl sites for hydroxylation is 2. The molecule has 0 saturated heterocycles. The third-order valence-corrected chi connectivity index (χ3v) is 2.86. The van der Waals surface area contributed by atoms with E-state index in [1.165, 1.54) is 4.68 Å². The van der Waals surface area contributed by atoms with Gasteiger partial charge in [0.1, 0.15) is 17.2 Å². The van der Waals surface area contributed by atoms with Crippen molar-refractivity contribution in [3.05, 3.63) is 21.5 Å². The monoisotopic (exact) mass is 223 g/mol. The van der Waals surface area contributed by atoms with Crippen LogP contribution < -0.4 is 0 Å². The van der Waals surface area contributed by atoms with Gasteiger partial charge in [0.25, 0.3) is 0 Å². The highest BCUT2D eigenvalue weighted by atomic mass is 16.6. The molecule has 0 unspecified atom stereocenters. The normalized spacial score (nSPS) is 15.1. The number of Topliss-reactive ketones (excluding diaryl/α,β-unsaturated/α-hetero) is 1. The maximum atomic E-state index is 11.6. The molecule has 16 heavy (non-hydrogen) atoms. The highest BCUT2D eigenvalue weighted by molar-refractivity contribution is 5.85. The SMILES string of the molecule is Cc1nn(C)c(CC(=O)C2CC2)c1[N+](=O)[O-]. The molecule has 6 nitrogen and oxygen atoms in total. The summed E-state index contributed by atoms with van der Waals surface area (Å²) in [6, 6.07) is 0. The molecule has 1 aliphatic carbocycles. The van der Waals surface area contributed by atoms with E-state index in [-0.39, 0.29) is 23.8 Å². The molecular formula is C10H13N3O3. The molecule has 0 aliphatic heterocycles.